The fourth-order valence-electron chi connectivity index (χ4n) is 1.68. The van der Waals surface area contributed by atoms with Crippen molar-refractivity contribution in [1.29, 1.82) is 0 Å². The summed E-state index contributed by atoms with van der Waals surface area (Å²) in [6.07, 6.45) is 1.48. The van der Waals surface area contributed by atoms with E-state index in [0.717, 1.165) is 11.3 Å². The highest BCUT2D eigenvalue weighted by Crippen LogP contribution is 2.29. The minimum Gasteiger partial charge on any atom is -0.494 e. The van der Waals surface area contributed by atoms with Crippen LogP contribution < -0.4 is 0 Å². The Bertz CT molecular complexity index is 790. The van der Waals surface area contributed by atoms with Gasteiger partial charge in [-0.1, -0.05) is 18.2 Å². The van der Waals surface area contributed by atoms with E-state index < -0.39 is 5.97 Å². The summed E-state index contributed by atoms with van der Waals surface area (Å²) in [5.41, 5.74) is 0.889. The first-order valence-electron chi connectivity index (χ1n) is 5.56. The van der Waals surface area contributed by atoms with Crippen molar-refractivity contribution in [3.05, 3.63) is 44.9 Å². The summed E-state index contributed by atoms with van der Waals surface area (Å²) >= 11 is 6.09. The van der Waals surface area contributed by atoms with Gasteiger partial charge in [0.2, 0.25) is 16.8 Å². The Hall–Kier alpha value is -2.32. The Morgan fingerprint density at radius 3 is 2.80 bits per heavy atom. The standard InChI is InChI=1S/C12H7N3O3S2/c16-10-9(20-12(19)13-10)6-8-11(17)18-14-15(8)7-4-2-1-3-5-7/h1-6H,(H-,13,14,16,17,19)/p+1. The van der Waals surface area contributed by atoms with Gasteiger partial charge in [-0.05, 0) is 16.9 Å². The number of hydrogen-bond donors (Lipinski definition) is 2. The maximum Gasteiger partial charge on any atom is 0.437 e. The van der Waals surface area contributed by atoms with Crippen LogP contribution >= 0.6 is 23.6 Å². The third-order valence-electron chi connectivity index (χ3n) is 2.57. The van der Waals surface area contributed by atoms with Crippen LogP contribution in [0.15, 0.2) is 41.3 Å². The molecule has 0 aliphatic carbocycles. The Balaban J connectivity index is 2.07. The fraction of sp³-hybridized carbons (Fsp3) is 0. The number of aromatic nitrogens is 1. The highest BCUT2D eigenvalue weighted by Gasteiger charge is 2.36. The van der Waals surface area contributed by atoms with Gasteiger partial charge in [0.25, 0.3) is 0 Å². The minimum absolute atomic E-state index is 0.0831. The molecule has 8 heteroatoms. The van der Waals surface area contributed by atoms with Gasteiger partial charge in [0, 0.05) is 18.2 Å². The maximum atomic E-state index is 11.7. The number of thiazole rings is 1. The molecular weight excluding hydrogens is 298 g/mol. The van der Waals surface area contributed by atoms with Gasteiger partial charge in [-0.15, -0.1) is 11.3 Å². The molecule has 0 radical (unpaired) electrons. The number of para-hydroxylation sites is 1. The average Bonchev–Trinajstić information content (AvgIpc) is 2.95. The number of nitrogens with one attached hydrogen (secondary N) is 1. The van der Waals surface area contributed by atoms with Crippen LogP contribution in [0.2, 0.25) is 0 Å². The van der Waals surface area contributed by atoms with Crippen LogP contribution in [0.25, 0.3) is 6.08 Å². The molecular formula is C12H8N3O3S2+. The molecule has 0 atom stereocenters. The van der Waals surface area contributed by atoms with Crippen molar-refractivity contribution in [2.45, 2.75) is 0 Å². The zero-order valence-corrected chi connectivity index (χ0v) is 11.6. The molecule has 0 spiro atoms. The molecule has 1 aromatic heterocycles. The molecule has 0 saturated carbocycles. The second-order valence-electron chi connectivity index (χ2n) is 3.86. The molecule has 2 N–H and O–H groups in total. The quantitative estimate of drug-likeness (QED) is 0.507. The summed E-state index contributed by atoms with van der Waals surface area (Å²) in [5, 5.41) is 13.4. The first-order valence-corrected chi connectivity index (χ1v) is 6.79. The third-order valence-corrected chi connectivity index (χ3v) is 3.74. The summed E-state index contributed by atoms with van der Waals surface area (Å²) in [4.78, 5) is 19.5. The highest BCUT2D eigenvalue weighted by molar-refractivity contribution is 7.73. The lowest BCUT2D eigenvalue weighted by Gasteiger charge is -1.91. The lowest BCUT2D eigenvalue weighted by atomic mass is 10.3. The predicted molar refractivity (Wildman–Crippen MR) is 74.0 cm³/mol. The Labute approximate surface area is 122 Å². The third kappa shape index (κ3) is 2.26. The maximum absolute atomic E-state index is 11.7. The second-order valence-corrected chi connectivity index (χ2v) is 5.58. The molecule has 100 valence electrons. The van der Waals surface area contributed by atoms with Gasteiger partial charge in [-0.3, -0.25) is 4.84 Å². The van der Waals surface area contributed by atoms with E-state index in [0.29, 0.717) is 14.5 Å². The van der Waals surface area contributed by atoms with Crippen molar-refractivity contribution in [2.75, 3.05) is 0 Å². The number of rotatable bonds is 2. The van der Waals surface area contributed by atoms with E-state index in [2.05, 4.69) is 15.1 Å². The van der Waals surface area contributed by atoms with E-state index in [4.69, 9.17) is 12.2 Å². The monoisotopic (exact) mass is 306 g/mol. The summed E-state index contributed by atoms with van der Waals surface area (Å²) in [6.45, 7) is 0. The highest BCUT2D eigenvalue weighted by atomic mass is 32.1. The van der Waals surface area contributed by atoms with Crippen molar-refractivity contribution in [3.63, 3.8) is 0 Å². The van der Waals surface area contributed by atoms with E-state index >= 15 is 0 Å². The van der Waals surface area contributed by atoms with Crippen LogP contribution in [0.3, 0.4) is 0 Å². The van der Waals surface area contributed by atoms with Crippen molar-refractivity contribution in [2.24, 2.45) is 5.28 Å². The van der Waals surface area contributed by atoms with Crippen LogP contribution in [0, 0.1) is 3.95 Å². The summed E-state index contributed by atoms with van der Waals surface area (Å²) < 4.78 is 1.79. The number of carbonyl (C=O) groups excluding carboxylic acids is 1. The molecule has 1 aliphatic heterocycles. The first kappa shape index (κ1) is 12.7. The van der Waals surface area contributed by atoms with Crippen LogP contribution in [-0.4, -0.2) is 20.8 Å². The van der Waals surface area contributed by atoms with Crippen molar-refractivity contribution >= 4 is 41.3 Å². The van der Waals surface area contributed by atoms with E-state index in [1.807, 2.05) is 18.2 Å². The number of benzene rings is 1. The zero-order valence-electron chi connectivity index (χ0n) is 9.94. The van der Waals surface area contributed by atoms with Crippen LogP contribution in [0.4, 0.5) is 5.69 Å². The molecule has 0 bridgehead atoms. The molecule has 2 heterocycles. The number of nitrogens with zero attached hydrogens (tertiary/aromatic N) is 2. The lowest BCUT2D eigenvalue weighted by Crippen LogP contribution is -2.04. The molecule has 0 saturated heterocycles. The number of carbonyl (C=O) groups is 1. The number of hydrogen-bond acceptors (Lipinski definition) is 6. The van der Waals surface area contributed by atoms with E-state index in [-0.39, 0.29) is 11.6 Å². The Kier molecular flexibility index (Phi) is 3.17. The fourth-order valence-corrected chi connectivity index (χ4v) is 2.72. The molecule has 0 amide bonds. The summed E-state index contributed by atoms with van der Waals surface area (Å²) in [7, 11) is 0. The van der Waals surface area contributed by atoms with Gasteiger partial charge < -0.3 is 10.1 Å². The predicted octanol–water partition coefficient (Wildman–Crippen LogP) is 3.12. The molecule has 20 heavy (non-hydrogen) atoms. The summed E-state index contributed by atoms with van der Waals surface area (Å²) in [5.74, 6) is -0.673. The second kappa shape index (κ2) is 4.99. The van der Waals surface area contributed by atoms with Crippen molar-refractivity contribution < 1.29 is 19.4 Å². The normalized spacial score (nSPS) is 16.3. The molecule has 1 aliphatic rings. The lowest BCUT2D eigenvalue weighted by molar-refractivity contribution is -0.462. The molecule has 0 fully saturated rings. The largest absolute Gasteiger partial charge is 0.494 e. The zero-order chi connectivity index (χ0) is 14.1. The Morgan fingerprint density at radius 1 is 1.40 bits per heavy atom. The van der Waals surface area contributed by atoms with E-state index in [1.165, 1.54) is 10.8 Å². The smallest absolute Gasteiger partial charge is 0.437 e. The molecule has 3 rings (SSSR count). The van der Waals surface area contributed by atoms with Gasteiger partial charge in [-0.25, -0.2) is 4.79 Å². The number of aromatic amines is 1. The molecule has 6 nitrogen and oxygen atoms in total. The van der Waals surface area contributed by atoms with Gasteiger partial charge in [0.05, 0.1) is 4.88 Å². The van der Waals surface area contributed by atoms with Gasteiger partial charge in [0.1, 0.15) is 0 Å². The van der Waals surface area contributed by atoms with E-state index in [9.17, 15) is 9.90 Å². The van der Waals surface area contributed by atoms with Crippen LogP contribution in [0.1, 0.15) is 4.88 Å². The topological polar surface area (TPSA) is 77.7 Å². The summed E-state index contributed by atoms with van der Waals surface area (Å²) in [6, 6.07) is 9.08. The van der Waals surface area contributed by atoms with Crippen LogP contribution in [0.5, 0.6) is 5.88 Å². The van der Waals surface area contributed by atoms with Crippen LogP contribution in [-0.2, 0) is 9.63 Å². The van der Waals surface area contributed by atoms with E-state index in [1.54, 1.807) is 12.1 Å². The SMILES string of the molecule is O=C1ON=[N+](c2ccccc2)/C1=C/c1sc(=S)[nH]c1O. The minimum atomic E-state index is -0.590. The van der Waals surface area contributed by atoms with Crippen molar-refractivity contribution in [1.82, 2.24) is 4.98 Å². The van der Waals surface area contributed by atoms with Gasteiger partial charge >= 0.3 is 11.7 Å². The first-order chi connectivity index (χ1) is 9.65. The number of aromatic hydroxyl groups is 1. The van der Waals surface area contributed by atoms with Crippen molar-refractivity contribution in [3.8, 4) is 5.88 Å². The molecule has 2 aromatic rings. The average molecular weight is 306 g/mol. The number of H-pyrrole nitrogens is 1. The molecule has 1 aromatic carbocycles. The van der Waals surface area contributed by atoms with Gasteiger partial charge in [-0.2, -0.15) is 0 Å². The molecule has 0 unspecified atom stereocenters. The van der Waals surface area contributed by atoms with Gasteiger partial charge in [0.15, 0.2) is 3.95 Å². The Morgan fingerprint density at radius 2 is 2.15 bits per heavy atom.